The molecule has 1 atom stereocenters. The van der Waals surface area contributed by atoms with E-state index >= 15 is 0 Å². The molecule has 146 valence electrons. The van der Waals surface area contributed by atoms with Crippen LogP contribution >= 0.6 is 11.3 Å². The summed E-state index contributed by atoms with van der Waals surface area (Å²) in [6, 6.07) is 4.48. The van der Waals surface area contributed by atoms with Crippen LogP contribution in [0.5, 0.6) is 0 Å². The number of hydrogen-bond donors (Lipinski definition) is 2. The van der Waals surface area contributed by atoms with Crippen molar-refractivity contribution in [1.29, 1.82) is 0 Å². The van der Waals surface area contributed by atoms with Gasteiger partial charge in [-0.3, -0.25) is 9.80 Å². The lowest BCUT2D eigenvalue weighted by atomic mass is 10.0. The highest BCUT2D eigenvalue weighted by Gasteiger charge is 2.29. The predicted octanol–water partition coefficient (Wildman–Crippen LogP) is 2.29. The van der Waals surface area contributed by atoms with Gasteiger partial charge in [0.2, 0.25) is 0 Å². The van der Waals surface area contributed by atoms with E-state index in [4.69, 9.17) is 4.74 Å². The molecule has 0 aliphatic carbocycles. The number of carbonyl (C=O) groups excluding carboxylic acids is 1. The molecule has 0 aromatic carbocycles. The van der Waals surface area contributed by atoms with E-state index in [0.29, 0.717) is 13.1 Å². The first-order valence-corrected chi connectivity index (χ1v) is 10.6. The summed E-state index contributed by atoms with van der Waals surface area (Å²) in [6.45, 7) is 11.3. The summed E-state index contributed by atoms with van der Waals surface area (Å²) in [6.07, 6.45) is 2.50. The summed E-state index contributed by atoms with van der Waals surface area (Å²) in [5, 5.41) is 8.27. The van der Waals surface area contributed by atoms with Crippen LogP contribution in [-0.4, -0.2) is 73.9 Å². The largest absolute Gasteiger partial charge is 0.379 e. The number of carbonyl (C=O) groups is 1. The van der Waals surface area contributed by atoms with E-state index in [1.54, 1.807) is 11.3 Å². The lowest BCUT2D eigenvalue weighted by Gasteiger charge is -2.40. The summed E-state index contributed by atoms with van der Waals surface area (Å²) < 4.78 is 5.42. The molecule has 2 aliphatic heterocycles. The molecule has 0 bridgehead atoms. The fourth-order valence-corrected chi connectivity index (χ4v) is 4.63. The summed E-state index contributed by atoms with van der Waals surface area (Å²) in [5.74, 6) is 0. The van der Waals surface area contributed by atoms with Crippen molar-refractivity contribution in [2.24, 2.45) is 0 Å². The van der Waals surface area contributed by atoms with Crippen LogP contribution in [-0.2, 0) is 4.74 Å². The Bertz CT molecular complexity index is 552. The number of likely N-dealkylation sites (tertiary alicyclic amines) is 1. The Balaban J connectivity index is 1.47. The molecule has 0 saturated carbocycles. The van der Waals surface area contributed by atoms with Gasteiger partial charge >= 0.3 is 6.03 Å². The molecule has 2 saturated heterocycles. The van der Waals surface area contributed by atoms with E-state index in [9.17, 15) is 4.79 Å². The van der Waals surface area contributed by atoms with Gasteiger partial charge in [0.15, 0.2) is 0 Å². The minimum atomic E-state index is -0.0768. The smallest absolute Gasteiger partial charge is 0.314 e. The van der Waals surface area contributed by atoms with Gasteiger partial charge < -0.3 is 15.4 Å². The summed E-state index contributed by atoms with van der Waals surface area (Å²) in [4.78, 5) is 18.6. The van der Waals surface area contributed by atoms with Gasteiger partial charge in [-0.15, -0.1) is 11.3 Å². The standard InChI is InChI=1S/C19H32N4O2S/c1-19(2,23-9-11-25-12-10-23)15-21-18(24)20-14-16(17-6-5-13-26-17)22-7-3-4-8-22/h5-6,13,16H,3-4,7-12,14-15H2,1-2H3,(H2,20,21,24). The van der Waals surface area contributed by atoms with E-state index in [-0.39, 0.29) is 17.6 Å². The molecular formula is C19H32N4O2S. The monoisotopic (exact) mass is 380 g/mol. The van der Waals surface area contributed by atoms with Crippen molar-refractivity contribution < 1.29 is 9.53 Å². The number of ether oxygens (including phenoxy) is 1. The van der Waals surface area contributed by atoms with Gasteiger partial charge in [0, 0.05) is 36.6 Å². The highest BCUT2D eigenvalue weighted by Crippen LogP contribution is 2.27. The Morgan fingerprint density at radius 1 is 1.23 bits per heavy atom. The lowest BCUT2D eigenvalue weighted by Crippen LogP contribution is -2.56. The van der Waals surface area contributed by atoms with Gasteiger partial charge in [-0.2, -0.15) is 0 Å². The SMILES string of the molecule is CC(C)(CNC(=O)NCC(c1cccs1)N1CCCC1)N1CCOCC1. The first kappa shape index (κ1) is 19.6. The topological polar surface area (TPSA) is 56.8 Å². The van der Waals surface area contributed by atoms with Gasteiger partial charge in [-0.05, 0) is 51.2 Å². The maximum absolute atomic E-state index is 12.4. The molecule has 2 aliphatic rings. The van der Waals surface area contributed by atoms with Crippen molar-refractivity contribution in [2.45, 2.75) is 38.3 Å². The molecule has 3 rings (SSSR count). The zero-order valence-electron chi connectivity index (χ0n) is 16.0. The molecule has 2 fully saturated rings. The maximum Gasteiger partial charge on any atom is 0.314 e. The van der Waals surface area contributed by atoms with Crippen LogP contribution in [0.2, 0.25) is 0 Å². The fraction of sp³-hybridized carbons (Fsp3) is 0.737. The molecule has 1 aromatic heterocycles. The normalized spacial score (nSPS) is 20.8. The molecule has 6 nitrogen and oxygen atoms in total. The van der Waals surface area contributed by atoms with Crippen LogP contribution in [0.25, 0.3) is 0 Å². The van der Waals surface area contributed by atoms with Gasteiger partial charge in [0.05, 0.1) is 19.3 Å². The van der Waals surface area contributed by atoms with Crippen molar-refractivity contribution in [3.63, 3.8) is 0 Å². The first-order valence-electron chi connectivity index (χ1n) is 9.68. The average molecular weight is 381 g/mol. The Labute approximate surface area is 160 Å². The zero-order chi connectivity index (χ0) is 18.4. The molecule has 7 heteroatoms. The average Bonchev–Trinajstić information content (AvgIpc) is 3.36. The molecule has 3 heterocycles. The van der Waals surface area contributed by atoms with Gasteiger partial charge in [-0.1, -0.05) is 6.07 Å². The molecule has 1 aromatic rings. The van der Waals surface area contributed by atoms with Crippen LogP contribution in [0.3, 0.4) is 0 Å². The zero-order valence-corrected chi connectivity index (χ0v) is 16.8. The van der Waals surface area contributed by atoms with Gasteiger partial charge in [0.1, 0.15) is 0 Å². The minimum Gasteiger partial charge on any atom is -0.379 e. The number of hydrogen-bond acceptors (Lipinski definition) is 5. The number of nitrogens with one attached hydrogen (secondary N) is 2. The second-order valence-corrected chi connectivity index (χ2v) is 8.73. The van der Waals surface area contributed by atoms with Gasteiger partial charge in [-0.25, -0.2) is 4.79 Å². The minimum absolute atomic E-state index is 0.0662. The number of thiophene rings is 1. The highest BCUT2D eigenvalue weighted by molar-refractivity contribution is 7.10. The number of urea groups is 1. The highest BCUT2D eigenvalue weighted by atomic mass is 32.1. The molecule has 0 radical (unpaired) electrons. The third kappa shape index (κ3) is 5.19. The second-order valence-electron chi connectivity index (χ2n) is 7.75. The van der Waals surface area contributed by atoms with E-state index in [2.05, 4.69) is 51.8 Å². The summed E-state index contributed by atoms with van der Waals surface area (Å²) in [7, 11) is 0. The van der Waals surface area contributed by atoms with Crippen LogP contribution in [0.1, 0.15) is 37.6 Å². The Hall–Kier alpha value is -1.15. The first-order chi connectivity index (χ1) is 12.6. The van der Waals surface area contributed by atoms with E-state index in [1.807, 2.05) is 0 Å². The third-order valence-electron chi connectivity index (χ3n) is 5.46. The molecule has 0 spiro atoms. The number of morpholine rings is 1. The van der Waals surface area contributed by atoms with Crippen LogP contribution in [0, 0.1) is 0 Å². The number of rotatable bonds is 7. The number of nitrogens with zero attached hydrogens (tertiary/aromatic N) is 2. The van der Waals surface area contributed by atoms with Crippen molar-refractivity contribution in [3.8, 4) is 0 Å². The quantitative estimate of drug-likeness (QED) is 0.762. The maximum atomic E-state index is 12.4. The Kier molecular flexibility index (Phi) is 6.92. The molecule has 26 heavy (non-hydrogen) atoms. The van der Waals surface area contributed by atoms with Crippen LogP contribution < -0.4 is 10.6 Å². The number of amides is 2. The molecule has 2 N–H and O–H groups in total. The second kappa shape index (κ2) is 9.17. The lowest BCUT2D eigenvalue weighted by molar-refractivity contribution is -0.00875. The Morgan fingerprint density at radius 3 is 2.62 bits per heavy atom. The molecular weight excluding hydrogens is 348 g/mol. The third-order valence-corrected chi connectivity index (χ3v) is 6.43. The summed E-state index contributed by atoms with van der Waals surface area (Å²) >= 11 is 1.77. The summed E-state index contributed by atoms with van der Waals surface area (Å²) in [5.41, 5.74) is -0.0662. The van der Waals surface area contributed by atoms with Crippen LogP contribution in [0.15, 0.2) is 17.5 Å². The van der Waals surface area contributed by atoms with E-state index in [1.165, 1.54) is 17.7 Å². The van der Waals surface area contributed by atoms with E-state index < -0.39 is 0 Å². The van der Waals surface area contributed by atoms with Crippen molar-refractivity contribution in [2.75, 3.05) is 52.5 Å². The predicted molar refractivity (Wildman–Crippen MR) is 106 cm³/mol. The van der Waals surface area contributed by atoms with Crippen molar-refractivity contribution in [1.82, 2.24) is 20.4 Å². The van der Waals surface area contributed by atoms with E-state index in [0.717, 1.165) is 39.4 Å². The Morgan fingerprint density at radius 2 is 1.96 bits per heavy atom. The van der Waals surface area contributed by atoms with Gasteiger partial charge in [0.25, 0.3) is 0 Å². The molecule has 1 unspecified atom stereocenters. The van der Waals surface area contributed by atoms with Crippen molar-refractivity contribution >= 4 is 17.4 Å². The fourth-order valence-electron chi connectivity index (χ4n) is 3.77. The molecule has 2 amide bonds. The van der Waals surface area contributed by atoms with Crippen molar-refractivity contribution in [3.05, 3.63) is 22.4 Å². The van der Waals surface area contributed by atoms with Crippen LogP contribution in [0.4, 0.5) is 4.79 Å².